The molecular formula is C20H19FN6O5S. The second-order valence-corrected chi connectivity index (χ2v) is 8.60. The summed E-state index contributed by atoms with van der Waals surface area (Å²) in [5, 5.41) is 7.54. The Balaban J connectivity index is 1.55. The summed E-state index contributed by atoms with van der Waals surface area (Å²) in [6.07, 6.45) is 2.24. The molecule has 13 heteroatoms. The standard InChI is InChI=1S/C20H19FN6O5S/c1-12-19-16(9-14(10-23-19)31-17-7-4-8-24-25-17)32-20(28)27(12)11-13-5-3-6-15(18(13)21)26-33(29,30)22-2/h3-10,12,22,26H,11H2,1-2H3. The van der Waals surface area contributed by atoms with Crippen molar-refractivity contribution in [2.75, 3.05) is 11.8 Å². The summed E-state index contributed by atoms with van der Waals surface area (Å²) in [5.74, 6) is -0.0393. The minimum Gasteiger partial charge on any atom is -0.436 e. The van der Waals surface area contributed by atoms with Gasteiger partial charge in [-0.2, -0.15) is 13.5 Å². The van der Waals surface area contributed by atoms with Gasteiger partial charge < -0.3 is 9.47 Å². The molecule has 1 aliphatic rings. The maximum Gasteiger partial charge on any atom is 0.416 e. The molecule has 3 heterocycles. The Kier molecular flexibility index (Phi) is 6.07. The van der Waals surface area contributed by atoms with Gasteiger partial charge in [0.15, 0.2) is 17.3 Å². The third-order valence-electron chi connectivity index (χ3n) is 4.85. The predicted octanol–water partition coefficient (Wildman–Crippen LogP) is 2.75. The Bertz CT molecular complexity index is 1290. The SMILES string of the molecule is CNS(=O)(=O)Nc1cccc(CN2C(=O)Oc3cc(Oc4cccnn4)cnc3C2C)c1F. The number of hydrogen-bond donors (Lipinski definition) is 2. The quantitative estimate of drug-likeness (QED) is 0.534. The van der Waals surface area contributed by atoms with Crippen LogP contribution in [0.5, 0.6) is 17.4 Å². The number of amides is 1. The summed E-state index contributed by atoms with van der Waals surface area (Å²) in [5.41, 5.74) is 0.305. The second kappa shape index (κ2) is 8.96. The summed E-state index contributed by atoms with van der Waals surface area (Å²) in [4.78, 5) is 18.3. The van der Waals surface area contributed by atoms with Crippen LogP contribution in [-0.4, -0.2) is 41.6 Å². The van der Waals surface area contributed by atoms with Crippen molar-refractivity contribution in [1.82, 2.24) is 24.8 Å². The van der Waals surface area contributed by atoms with Gasteiger partial charge in [-0.1, -0.05) is 12.1 Å². The zero-order valence-electron chi connectivity index (χ0n) is 17.5. The van der Waals surface area contributed by atoms with Crippen molar-refractivity contribution in [3.8, 4) is 17.4 Å². The zero-order chi connectivity index (χ0) is 23.6. The van der Waals surface area contributed by atoms with Crippen molar-refractivity contribution in [3.05, 3.63) is 65.9 Å². The van der Waals surface area contributed by atoms with Crippen molar-refractivity contribution in [2.24, 2.45) is 0 Å². The maximum atomic E-state index is 14.9. The lowest BCUT2D eigenvalue weighted by molar-refractivity contribution is 0.114. The first-order chi connectivity index (χ1) is 15.8. The number of nitrogens with zero attached hydrogens (tertiary/aromatic N) is 4. The number of carbonyl (C=O) groups excluding carboxylic acids is 1. The lowest BCUT2D eigenvalue weighted by Gasteiger charge is -2.33. The molecule has 1 aliphatic heterocycles. The number of pyridine rings is 1. The Labute approximate surface area is 188 Å². The van der Waals surface area contributed by atoms with Crippen LogP contribution in [0.4, 0.5) is 14.9 Å². The first-order valence-corrected chi connectivity index (χ1v) is 11.2. The Morgan fingerprint density at radius 1 is 1.27 bits per heavy atom. The fourth-order valence-electron chi connectivity index (χ4n) is 3.17. The number of ether oxygens (including phenoxy) is 2. The van der Waals surface area contributed by atoms with E-state index >= 15 is 0 Å². The molecule has 0 radical (unpaired) electrons. The molecule has 0 bridgehead atoms. The molecule has 0 fully saturated rings. The fraction of sp³-hybridized carbons (Fsp3) is 0.200. The molecule has 2 aromatic heterocycles. The highest BCUT2D eigenvalue weighted by Crippen LogP contribution is 2.37. The van der Waals surface area contributed by atoms with Gasteiger partial charge in [-0.05, 0) is 19.1 Å². The molecular weight excluding hydrogens is 455 g/mol. The molecule has 0 saturated carbocycles. The average molecular weight is 474 g/mol. The molecule has 1 amide bonds. The summed E-state index contributed by atoms with van der Waals surface area (Å²) in [7, 11) is -2.71. The molecule has 172 valence electrons. The zero-order valence-corrected chi connectivity index (χ0v) is 18.3. The van der Waals surface area contributed by atoms with E-state index in [2.05, 4.69) is 19.9 Å². The first-order valence-electron chi connectivity index (χ1n) is 9.70. The third-order valence-corrected chi connectivity index (χ3v) is 5.88. The fourth-order valence-corrected chi connectivity index (χ4v) is 3.72. The van der Waals surface area contributed by atoms with Gasteiger partial charge in [-0.3, -0.25) is 14.6 Å². The molecule has 0 spiro atoms. The number of nitrogens with one attached hydrogen (secondary N) is 2. The molecule has 33 heavy (non-hydrogen) atoms. The van der Waals surface area contributed by atoms with Crippen LogP contribution >= 0.6 is 0 Å². The summed E-state index contributed by atoms with van der Waals surface area (Å²) >= 11 is 0. The molecule has 0 aliphatic carbocycles. The molecule has 1 unspecified atom stereocenters. The van der Waals surface area contributed by atoms with E-state index in [4.69, 9.17) is 9.47 Å². The molecule has 3 aromatic rings. The predicted molar refractivity (Wildman–Crippen MR) is 114 cm³/mol. The summed E-state index contributed by atoms with van der Waals surface area (Å²) in [6.45, 7) is 1.56. The Morgan fingerprint density at radius 2 is 2.09 bits per heavy atom. The van der Waals surface area contributed by atoms with Gasteiger partial charge in [0, 0.05) is 30.9 Å². The normalized spacial score (nSPS) is 15.5. The lowest BCUT2D eigenvalue weighted by atomic mass is 10.1. The van der Waals surface area contributed by atoms with Gasteiger partial charge in [0.25, 0.3) is 10.2 Å². The average Bonchev–Trinajstić information content (AvgIpc) is 2.79. The van der Waals surface area contributed by atoms with Gasteiger partial charge in [0.2, 0.25) is 5.88 Å². The van der Waals surface area contributed by atoms with Crippen LogP contribution in [0.15, 0.2) is 48.8 Å². The highest BCUT2D eigenvalue weighted by molar-refractivity contribution is 7.90. The largest absolute Gasteiger partial charge is 0.436 e. The van der Waals surface area contributed by atoms with Gasteiger partial charge in [-0.25, -0.2) is 13.9 Å². The van der Waals surface area contributed by atoms with Crippen LogP contribution in [0, 0.1) is 5.82 Å². The van der Waals surface area contributed by atoms with E-state index in [0.29, 0.717) is 11.4 Å². The summed E-state index contributed by atoms with van der Waals surface area (Å²) < 4.78 is 53.4. The topological polar surface area (TPSA) is 136 Å². The van der Waals surface area contributed by atoms with E-state index in [-0.39, 0.29) is 29.4 Å². The number of hydrogen-bond acceptors (Lipinski definition) is 8. The highest BCUT2D eigenvalue weighted by Gasteiger charge is 2.34. The van der Waals surface area contributed by atoms with Crippen LogP contribution in [-0.2, 0) is 16.8 Å². The number of aromatic nitrogens is 3. The highest BCUT2D eigenvalue weighted by atomic mass is 32.2. The van der Waals surface area contributed by atoms with Crippen LogP contribution in [0.2, 0.25) is 0 Å². The third kappa shape index (κ3) is 4.83. The number of benzene rings is 1. The molecule has 2 N–H and O–H groups in total. The van der Waals surface area contributed by atoms with E-state index < -0.39 is 28.2 Å². The van der Waals surface area contributed by atoms with Crippen LogP contribution in [0.25, 0.3) is 0 Å². The minimum absolute atomic E-state index is 0.0983. The van der Waals surface area contributed by atoms with Crippen LogP contribution < -0.4 is 18.9 Å². The van der Waals surface area contributed by atoms with Crippen molar-refractivity contribution >= 4 is 22.0 Å². The molecule has 1 aromatic carbocycles. The van der Waals surface area contributed by atoms with Crippen molar-refractivity contribution < 1.29 is 27.1 Å². The van der Waals surface area contributed by atoms with E-state index in [1.165, 1.54) is 48.6 Å². The van der Waals surface area contributed by atoms with E-state index in [1.807, 2.05) is 4.72 Å². The van der Waals surface area contributed by atoms with Gasteiger partial charge in [-0.15, -0.1) is 5.10 Å². The Hall–Kier alpha value is -3.84. The van der Waals surface area contributed by atoms with Crippen LogP contribution in [0.1, 0.15) is 24.2 Å². The minimum atomic E-state index is -3.91. The number of fused-ring (bicyclic) bond motifs is 1. The molecule has 0 saturated heterocycles. The number of rotatable bonds is 7. The first kappa shape index (κ1) is 22.4. The van der Waals surface area contributed by atoms with E-state index in [0.717, 1.165) is 0 Å². The number of carbonyl (C=O) groups is 1. The van der Waals surface area contributed by atoms with Gasteiger partial charge in [0.05, 0.1) is 24.5 Å². The number of halogens is 1. The lowest BCUT2D eigenvalue weighted by Crippen LogP contribution is -2.40. The molecule has 4 rings (SSSR count). The number of anilines is 1. The molecule has 11 nitrogen and oxygen atoms in total. The molecule has 1 atom stereocenters. The van der Waals surface area contributed by atoms with Crippen molar-refractivity contribution in [3.63, 3.8) is 0 Å². The van der Waals surface area contributed by atoms with Gasteiger partial charge in [0.1, 0.15) is 5.69 Å². The van der Waals surface area contributed by atoms with Crippen molar-refractivity contribution in [1.29, 1.82) is 0 Å². The van der Waals surface area contributed by atoms with Crippen molar-refractivity contribution in [2.45, 2.75) is 19.5 Å². The second-order valence-electron chi connectivity index (χ2n) is 6.98. The summed E-state index contributed by atoms with van der Waals surface area (Å²) in [6, 6.07) is 8.44. The van der Waals surface area contributed by atoms with Crippen LogP contribution in [0.3, 0.4) is 0 Å². The Morgan fingerprint density at radius 3 is 2.82 bits per heavy atom. The van der Waals surface area contributed by atoms with E-state index in [9.17, 15) is 17.6 Å². The smallest absolute Gasteiger partial charge is 0.416 e. The van der Waals surface area contributed by atoms with Gasteiger partial charge >= 0.3 is 6.09 Å². The monoisotopic (exact) mass is 474 g/mol. The maximum absolute atomic E-state index is 14.9. The van der Waals surface area contributed by atoms with E-state index in [1.54, 1.807) is 19.1 Å².